The number of amidine groups is 1. The molecule has 0 amide bonds. The van der Waals surface area contributed by atoms with E-state index in [9.17, 15) is 0 Å². The van der Waals surface area contributed by atoms with Crippen molar-refractivity contribution in [1.29, 1.82) is 0 Å². The number of aliphatic hydroxyl groups is 1. The van der Waals surface area contributed by atoms with Gasteiger partial charge >= 0.3 is 0 Å². The molecule has 0 spiro atoms. The molecule has 0 unspecified atom stereocenters. The minimum Gasteiger partial charge on any atom is -0.493 e. The summed E-state index contributed by atoms with van der Waals surface area (Å²) in [6.07, 6.45) is 2.53. The van der Waals surface area contributed by atoms with Gasteiger partial charge in [-0.3, -0.25) is 0 Å². The maximum atomic E-state index is 9.10. The molecule has 1 aromatic carbocycles. The van der Waals surface area contributed by atoms with Crippen LogP contribution in [0.4, 0.5) is 0 Å². The SMILES string of the molecule is COc1cc(CO)ccc1OCC1(C/C(N)=N/O)CC1. The Morgan fingerprint density at radius 3 is 2.70 bits per heavy atom. The molecule has 0 heterocycles. The largest absolute Gasteiger partial charge is 0.493 e. The Morgan fingerprint density at radius 2 is 2.15 bits per heavy atom. The quantitative estimate of drug-likeness (QED) is 0.304. The van der Waals surface area contributed by atoms with E-state index in [-0.39, 0.29) is 17.9 Å². The highest BCUT2D eigenvalue weighted by Crippen LogP contribution is 2.49. The van der Waals surface area contributed by atoms with Gasteiger partial charge in [-0.1, -0.05) is 11.2 Å². The molecule has 0 saturated heterocycles. The predicted molar refractivity (Wildman–Crippen MR) is 74.1 cm³/mol. The van der Waals surface area contributed by atoms with Crippen LogP contribution in [0.1, 0.15) is 24.8 Å². The standard InChI is InChI=1S/C14H20N2O4/c1-19-12-6-10(8-17)2-3-11(12)20-9-14(4-5-14)7-13(15)16-18/h2-3,6,17-18H,4-5,7-9H2,1H3,(H2,15,16). The van der Waals surface area contributed by atoms with E-state index in [1.165, 1.54) is 0 Å². The Morgan fingerprint density at radius 1 is 1.40 bits per heavy atom. The first-order valence-corrected chi connectivity index (χ1v) is 6.49. The fourth-order valence-electron chi connectivity index (χ4n) is 2.13. The molecule has 2 rings (SSSR count). The van der Waals surface area contributed by atoms with Gasteiger partial charge in [0.15, 0.2) is 11.5 Å². The van der Waals surface area contributed by atoms with Crippen molar-refractivity contribution in [3.63, 3.8) is 0 Å². The number of nitrogens with zero attached hydrogens (tertiary/aromatic N) is 1. The van der Waals surface area contributed by atoms with Gasteiger partial charge in [0.2, 0.25) is 0 Å². The van der Waals surface area contributed by atoms with Crippen LogP contribution in [-0.4, -0.2) is 29.9 Å². The number of hydrogen-bond donors (Lipinski definition) is 3. The number of ether oxygens (including phenoxy) is 2. The lowest BCUT2D eigenvalue weighted by Crippen LogP contribution is -2.22. The monoisotopic (exact) mass is 280 g/mol. The van der Waals surface area contributed by atoms with E-state index in [0.29, 0.717) is 24.5 Å². The summed E-state index contributed by atoms with van der Waals surface area (Å²) >= 11 is 0. The lowest BCUT2D eigenvalue weighted by Gasteiger charge is -2.17. The number of oxime groups is 1. The van der Waals surface area contributed by atoms with Crippen LogP contribution < -0.4 is 15.2 Å². The van der Waals surface area contributed by atoms with Crippen LogP contribution >= 0.6 is 0 Å². The topological polar surface area (TPSA) is 97.3 Å². The first-order valence-electron chi connectivity index (χ1n) is 6.49. The molecular weight excluding hydrogens is 260 g/mol. The van der Waals surface area contributed by atoms with E-state index < -0.39 is 0 Å². The number of benzene rings is 1. The van der Waals surface area contributed by atoms with Crippen molar-refractivity contribution in [3.05, 3.63) is 23.8 Å². The van der Waals surface area contributed by atoms with E-state index in [1.54, 1.807) is 25.3 Å². The zero-order valence-corrected chi connectivity index (χ0v) is 11.5. The highest BCUT2D eigenvalue weighted by atomic mass is 16.5. The summed E-state index contributed by atoms with van der Waals surface area (Å²) in [5, 5.41) is 20.7. The van der Waals surface area contributed by atoms with Crippen molar-refractivity contribution in [3.8, 4) is 11.5 Å². The minimum atomic E-state index is -0.0376. The van der Waals surface area contributed by atoms with E-state index in [2.05, 4.69) is 5.16 Å². The second-order valence-electron chi connectivity index (χ2n) is 5.20. The van der Waals surface area contributed by atoms with Crippen LogP contribution in [0.25, 0.3) is 0 Å². The Labute approximate surface area is 117 Å². The second-order valence-corrected chi connectivity index (χ2v) is 5.20. The van der Waals surface area contributed by atoms with E-state index in [1.807, 2.05) is 0 Å². The molecule has 6 heteroatoms. The Kier molecular flexibility index (Phi) is 4.34. The summed E-state index contributed by atoms with van der Waals surface area (Å²) in [6, 6.07) is 5.32. The zero-order valence-electron chi connectivity index (χ0n) is 11.5. The Hall–Kier alpha value is -1.95. The fraction of sp³-hybridized carbons (Fsp3) is 0.500. The van der Waals surface area contributed by atoms with Crippen molar-refractivity contribution in [1.82, 2.24) is 0 Å². The van der Waals surface area contributed by atoms with Gasteiger partial charge in [-0.25, -0.2) is 0 Å². The predicted octanol–water partition coefficient (Wildman–Crippen LogP) is 1.48. The van der Waals surface area contributed by atoms with E-state index in [4.69, 9.17) is 25.5 Å². The highest BCUT2D eigenvalue weighted by molar-refractivity contribution is 5.80. The molecule has 6 nitrogen and oxygen atoms in total. The summed E-state index contributed by atoms with van der Waals surface area (Å²) in [7, 11) is 1.56. The molecule has 0 bridgehead atoms. The van der Waals surface area contributed by atoms with Crippen molar-refractivity contribution in [2.45, 2.75) is 25.9 Å². The smallest absolute Gasteiger partial charge is 0.161 e. The molecule has 0 aliphatic heterocycles. The molecule has 0 aromatic heterocycles. The molecule has 4 N–H and O–H groups in total. The molecule has 1 saturated carbocycles. The third-order valence-electron chi connectivity index (χ3n) is 3.59. The molecule has 1 aliphatic carbocycles. The molecule has 110 valence electrons. The summed E-state index contributed by atoms with van der Waals surface area (Å²) in [5.41, 5.74) is 6.29. The van der Waals surface area contributed by atoms with Crippen LogP contribution in [0, 0.1) is 5.41 Å². The van der Waals surface area contributed by atoms with Gasteiger partial charge in [-0.2, -0.15) is 0 Å². The van der Waals surface area contributed by atoms with Gasteiger partial charge in [0.25, 0.3) is 0 Å². The lowest BCUT2D eigenvalue weighted by molar-refractivity contribution is 0.226. The maximum Gasteiger partial charge on any atom is 0.161 e. The minimum absolute atomic E-state index is 0.0308. The second kappa shape index (κ2) is 6.00. The fourth-order valence-corrected chi connectivity index (χ4v) is 2.13. The van der Waals surface area contributed by atoms with Crippen LogP contribution in [0.2, 0.25) is 0 Å². The molecular formula is C14H20N2O4. The molecule has 0 radical (unpaired) electrons. The zero-order chi connectivity index (χ0) is 14.6. The normalized spacial score (nSPS) is 16.8. The first kappa shape index (κ1) is 14.5. The maximum absolute atomic E-state index is 9.10. The van der Waals surface area contributed by atoms with Crippen LogP contribution in [-0.2, 0) is 6.61 Å². The van der Waals surface area contributed by atoms with Crippen LogP contribution in [0.15, 0.2) is 23.4 Å². The number of rotatable bonds is 7. The van der Waals surface area contributed by atoms with Crippen molar-refractivity contribution in [2.24, 2.45) is 16.3 Å². The highest BCUT2D eigenvalue weighted by Gasteiger charge is 2.44. The van der Waals surface area contributed by atoms with Crippen molar-refractivity contribution < 1.29 is 19.8 Å². The van der Waals surface area contributed by atoms with Gasteiger partial charge in [-0.15, -0.1) is 0 Å². The van der Waals surface area contributed by atoms with Gasteiger partial charge in [0.05, 0.1) is 20.3 Å². The Balaban J connectivity index is 2.00. The summed E-state index contributed by atoms with van der Waals surface area (Å²) < 4.78 is 11.1. The summed E-state index contributed by atoms with van der Waals surface area (Å²) in [5.74, 6) is 1.46. The average Bonchev–Trinajstić information content (AvgIpc) is 3.24. The third kappa shape index (κ3) is 3.33. The first-order chi connectivity index (χ1) is 9.62. The van der Waals surface area contributed by atoms with Crippen LogP contribution in [0.5, 0.6) is 11.5 Å². The Bertz CT molecular complexity index is 498. The molecule has 0 atom stereocenters. The molecule has 1 aromatic rings. The number of hydrogen-bond acceptors (Lipinski definition) is 5. The van der Waals surface area contributed by atoms with Gasteiger partial charge in [-0.05, 0) is 30.5 Å². The summed E-state index contributed by atoms with van der Waals surface area (Å²) in [6.45, 7) is 0.460. The number of methoxy groups -OCH3 is 1. The lowest BCUT2D eigenvalue weighted by atomic mass is 10.0. The third-order valence-corrected chi connectivity index (χ3v) is 3.59. The summed E-state index contributed by atoms with van der Waals surface area (Å²) in [4.78, 5) is 0. The van der Waals surface area contributed by atoms with E-state index >= 15 is 0 Å². The van der Waals surface area contributed by atoms with Crippen molar-refractivity contribution >= 4 is 5.84 Å². The molecule has 20 heavy (non-hydrogen) atoms. The molecule has 1 fully saturated rings. The average molecular weight is 280 g/mol. The number of aliphatic hydroxyl groups excluding tert-OH is 1. The van der Waals surface area contributed by atoms with Crippen LogP contribution in [0.3, 0.4) is 0 Å². The van der Waals surface area contributed by atoms with Gasteiger partial charge < -0.3 is 25.5 Å². The van der Waals surface area contributed by atoms with Gasteiger partial charge in [0.1, 0.15) is 5.84 Å². The van der Waals surface area contributed by atoms with Crippen molar-refractivity contribution in [2.75, 3.05) is 13.7 Å². The number of nitrogens with two attached hydrogens (primary N) is 1. The molecule has 1 aliphatic rings. The van der Waals surface area contributed by atoms with E-state index in [0.717, 1.165) is 18.4 Å². The van der Waals surface area contributed by atoms with Gasteiger partial charge in [0, 0.05) is 11.8 Å².